The number of hydrogen-bond donors (Lipinski definition) is 1. The lowest BCUT2D eigenvalue weighted by molar-refractivity contribution is 0.0992. The van der Waals surface area contributed by atoms with Crippen molar-refractivity contribution in [1.82, 2.24) is 4.98 Å². The predicted molar refractivity (Wildman–Crippen MR) is 67.8 cm³/mol. The first-order valence-electron chi connectivity index (χ1n) is 5.33. The van der Waals surface area contributed by atoms with E-state index >= 15 is 0 Å². The first-order valence-corrected chi connectivity index (χ1v) is 5.33. The molecule has 0 aliphatic rings. The summed E-state index contributed by atoms with van der Waals surface area (Å²) in [6.07, 6.45) is 1.56. The van der Waals surface area contributed by atoms with Crippen molar-refractivity contribution in [3.8, 4) is 0 Å². The third kappa shape index (κ3) is 2.29. The molecule has 0 saturated heterocycles. The third-order valence-corrected chi connectivity index (χ3v) is 2.53. The van der Waals surface area contributed by atoms with Crippen molar-refractivity contribution in [2.45, 2.75) is 0 Å². The second-order valence-electron chi connectivity index (χ2n) is 3.79. The Labute approximate surface area is 104 Å². The number of rotatable bonds is 2. The number of halogens is 1. The van der Waals surface area contributed by atoms with Crippen molar-refractivity contribution >= 4 is 17.4 Å². The van der Waals surface area contributed by atoms with Crippen LogP contribution in [0.15, 0.2) is 42.6 Å². The number of pyridine rings is 1. The molecule has 4 nitrogen and oxygen atoms in total. The van der Waals surface area contributed by atoms with Crippen LogP contribution in [-0.2, 0) is 0 Å². The summed E-state index contributed by atoms with van der Waals surface area (Å²) < 4.78 is 12.8. The Kier molecular flexibility index (Phi) is 3.23. The van der Waals surface area contributed by atoms with Gasteiger partial charge >= 0.3 is 0 Å². The number of carbonyl (C=O) groups excluding carboxylic acids is 1. The monoisotopic (exact) mass is 245 g/mol. The lowest BCUT2D eigenvalue weighted by Crippen LogP contribution is -2.27. The summed E-state index contributed by atoms with van der Waals surface area (Å²) in [5, 5.41) is 0. The molecule has 0 saturated carbocycles. The highest BCUT2D eigenvalue weighted by Crippen LogP contribution is 2.19. The molecule has 2 aromatic rings. The average molecular weight is 245 g/mol. The number of hydrogen-bond acceptors (Lipinski definition) is 3. The quantitative estimate of drug-likeness (QED) is 0.881. The summed E-state index contributed by atoms with van der Waals surface area (Å²) in [4.78, 5) is 17.5. The summed E-state index contributed by atoms with van der Waals surface area (Å²) in [6.45, 7) is 0. The van der Waals surface area contributed by atoms with Gasteiger partial charge in [-0.1, -0.05) is 0 Å². The summed E-state index contributed by atoms with van der Waals surface area (Å²) in [7, 11) is 1.57. The van der Waals surface area contributed by atoms with E-state index in [1.165, 1.54) is 29.2 Å². The van der Waals surface area contributed by atoms with E-state index in [1.54, 1.807) is 25.4 Å². The number of nitrogens with zero attached hydrogens (tertiary/aromatic N) is 2. The molecule has 2 rings (SSSR count). The van der Waals surface area contributed by atoms with Crippen LogP contribution in [0.5, 0.6) is 0 Å². The van der Waals surface area contributed by atoms with Gasteiger partial charge in [0.15, 0.2) is 5.82 Å². The van der Waals surface area contributed by atoms with Gasteiger partial charge in [0, 0.05) is 18.8 Å². The molecule has 0 aliphatic carbocycles. The fourth-order valence-electron chi connectivity index (χ4n) is 1.57. The third-order valence-electron chi connectivity index (χ3n) is 2.53. The molecule has 1 aromatic carbocycles. The van der Waals surface area contributed by atoms with Gasteiger partial charge in [-0.05, 0) is 36.4 Å². The predicted octanol–water partition coefficient (Wildman–Crippen LogP) is 2.08. The van der Waals surface area contributed by atoms with E-state index in [0.29, 0.717) is 17.1 Å². The molecule has 1 amide bonds. The first kappa shape index (κ1) is 12.0. The summed E-state index contributed by atoms with van der Waals surface area (Å²) >= 11 is 0. The van der Waals surface area contributed by atoms with Gasteiger partial charge in [0.05, 0.1) is 5.69 Å². The highest BCUT2D eigenvalue weighted by molar-refractivity contribution is 6.06. The molecule has 0 spiro atoms. The molecule has 0 bridgehead atoms. The van der Waals surface area contributed by atoms with Crippen LogP contribution in [0.3, 0.4) is 0 Å². The van der Waals surface area contributed by atoms with Gasteiger partial charge in [-0.25, -0.2) is 9.37 Å². The minimum atomic E-state index is -0.383. The minimum Gasteiger partial charge on any atom is -0.396 e. The molecule has 1 heterocycles. The van der Waals surface area contributed by atoms with Crippen LogP contribution in [0.2, 0.25) is 0 Å². The van der Waals surface area contributed by atoms with Gasteiger partial charge in [0.2, 0.25) is 0 Å². The van der Waals surface area contributed by atoms with Crippen LogP contribution < -0.4 is 10.6 Å². The van der Waals surface area contributed by atoms with Gasteiger partial charge in [0.1, 0.15) is 5.82 Å². The average Bonchev–Trinajstić information content (AvgIpc) is 2.38. The van der Waals surface area contributed by atoms with Crippen LogP contribution in [0.1, 0.15) is 10.4 Å². The Balaban J connectivity index is 2.29. The number of aromatic nitrogens is 1. The fourth-order valence-corrected chi connectivity index (χ4v) is 1.57. The maximum Gasteiger partial charge on any atom is 0.259 e. The lowest BCUT2D eigenvalue weighted by Gasteiger charge is -2.17. The van der Waals surface area contributed by atoms with Gasteiger partial charge in [-0.2, -0.15) is 0 Å². The standard InChI is InChI=1S/C13H12FN3O/c1-17(12-11(15)3-2-8-16-12)13(18)9-4-6-10(14)7-5-9/h2-8H,15H2,1H3. The highest BCUT2D eigenvalue weighted by Gasteiger charge is 2.16. The van der Waals surface area contributed by atoms with Gasteiger partial charge in [-0.3, -0.25) is 9.69 Å². The molecule has 0 radical (unpaired) electrons. The van der Waals surface area contributed by atoms with Crippen LogP contribution in [0.4, 0.5) is 15.9 Å². The summed E-state index contributed by atoms with van der Waals surface area (Å²) in [5.74, 6) is -0.293. The minimum absolute atomic E-state index is 0.291. The van der Waals surface area contributed by atoms with Crippen LogP contribution in [0, 0.1) is 5.82 Å². The largest absolute Gasteiger partial charge is 0.396 e. The van der Waals surface area contributed by atoms with Crippen molar-refractivity contribution in [1.29, 1.82) is 0 Å². The number of amides is 1. The van der Waals surface area contributed by atoms with Crippen LogP contribution >= 0.6 is 0 Å². The van der Waals surface area contributed by atoms with Crippen molar-refractivity contribution in [3.05, 3.63) is 54.0 Å². The second-order valence-corrected chi connectivity index (χ2v) is 3.79. The molecule has 18 heavy (non-hydrogen) atoms. The zero-order valence-corrected chi connectivity index (χ0v) is 9.80. The van der Waals surface area contributed by atoms with E-state index in [9.17, 15) is 9.18 Å². The maximum atomic E-state index is 12.8. The van der Waals surface area contributed by atoms with Crippen molar-refractivity contribution in [2.75, 3.05) is 17.7 Å². The number of carbonyl (C=O) groups is 1. The smallest absolute Gasteiger partial charge is 0.259 e. The Morgan fingerprint density at radius 3 is 2.56 bits per heavy atom. The maximum absolute atomic E-state index is 12.8. The molecule has 5 heteroatoms. The molecule has 0 fully saturated rings. The summed E-state index contributed by atoms with van der Waals surface area (Å²) in [5.41, 5.74) is 6.54. The fraction of sp³-hybridized carbons (Fsp3) is 0.0769. The second kappa shape index (κ2) is 4.83. The van der Waals surface area contributed by atoms with Gasteiger partial charge < -0.3 is 5.73 Å². The Bertz CT molecular complexity index is 569. The van der Waals surface area contributed by atoms with Gasteiger partial charge in [-0.15, -0.1) is 0 Å². The number of anilines is 2. The normalized spacial score (nSPS) is 10.1. The van der Waals surface area contributed by atoms with Crippen molar-refractivity contribution in [2.24, 2.45) is 0 Å². The number of nitrogen functional groups attached to an aromatic ring is 1. The van der Waals surface area contributed by atoms with Crippen LogP contribution in [0.25, 0.3) is 0 Å². The molecular weight excluding hydrogens is 233 g/mol. The highest BCUT2D eigenvalue weighted by atomic mass is 19.1. The van der Waals surface area contributed by atoms with E-state index in [4.69, 9.17) is 5.73 Å². The SMILES string of the molecule is CN(C(=O)c1ccc(F)cc1)c1ncccc1N. The van der Waals surface area contributed by atoms with E-state index in [1.807, 2.05) is 0 Å². The van der Waals surface area contributed by atoms with E-state index in [0.717, 1.165) is 0 Å². The summed E-state index contributed by atoms with van der Waals surface area (Å²) in [6, 6.07) is 8.68. The Morgan fingerprint density at radius 2 is 1.94 bits per heavy atom. The zero-order chi connectivity index (χ0) is 13.1. The topological polar surface area (TPSA) is 59.2 Å². The molecule has 2 N–H and O–H groups in total. The molecule has 0 atom stereocenters. The van der Waals surface area contributed by atoms with Crippen molar-refractivity contribution < 1.29 is 9.18 Å². The van der Waals surface area contributed by atoms with Crippen LogP contribution in [-0.4, -0.2) is 17.9 Å². The number of nitrogens with two attached hydrogens (primary N) is 1. The van der Waals surface area contributed by atoms with Crippen molar-refractivity contribution in [3.63, 3.8) is 0 Å². The molecule has 1 aromatic heterocycles. The molecule has 92 valence electrons. The molecular formula is C13H12FN3O. The van der Waals surface area contributed by atoms with Gasteiger partial charge in [0.25, 0.3) is 5.91 Å². The molecule has 0 unspecified atom stereocenters. The first-order chi connectivity index (χ1) is 8.59. The Morgan fingerprint density at radius 1 is 1.28 bits per heavy atom. The van der Waals surface area contributed by atoms with E-state index < -0.39 is 0 Å². The molecule has 0 aliphatic heterocycles. The zero-order valence-electron chi connectivity index (χ0n) is 9.80. The van der Waals surface area contributed by atoms with E-state index in [-0.39, 0.29) is 11.7 Å². The Hall–Kier alpha value is -2.43. The number of benzene rings is 1. The lowest BCUT2D eigenvalue weighted by atomic mass is 10.2. The van der Waals surface area contributed by atoms with E-state index in [2.05, 4.69) is 4.98 Å².